The number of rotatable bonds is 2. The highest BCUT2D eigenvalue weighted by atomic mass is 19.3. The largest absolute Gasteiger partial charge is 0.300 e. The molecule has 0 aliphatic carbocycles. The van der Waals surface area contributed by atoms with Crippen molar-refractivity contribution < 1.29 is 18.0 Å². The average molecular weight is 230 g/mol. The van der Waals surface area contributed by atoms with E-state index in [1.54, 1.807) is 0 Å². The molecule has 0 amide bonds. The van der Waals surface area contributed by atoms with Crippen molar-refractivity contribution >= 4 is 5.78 Å². The van der Waals surface area contributed by atoms with E-state index in [1.165, 1.54) is 12.1 Å². The molecule has 0 atom stereocenters. The first-order chi connectivity index (χ1) is 7.21. The van der Waals surface area contributed by atoms with Gasteiger partial charge in [-0.25, -0.2) is 13.2 Å². The summed E-state index contributed by atoms with van der Waals surface area (Å²) in [5.74, 6) is -2.01. The molecule has 1 aromatic carbocycles. The van der Waals surface area contributed by atoms with Crippen LogP contribution in [0, 0.1) is 5.82 Å². The lowest BCUT2D eigenvalue weighted by Crippen LogP contribution is -2.15. The van der Waals surface area contributed by atoms with Crippen molar-refractivity contribution in [2.24, 2.45) is 0 Å². The molecule has 0 radical (unpaired) electrons. The van der Waals surface area contributed by atoms with Crippen LogP contribution in [0.5, 0.6) is 0 Å². The molecule has 0 fully saturated rings. The third-order valence-electron chi connectivity index (χ3n) is 2.25. The predicted octanol–water partition coefficient (Wildman–Crippen LogP) is 3.57. The Balaban J connectivity index is 3.24. The Morgan fingerprint density at radius 1 is 1.19 bits per heavy atom. The summed E-state index contributed by atoms with van der Waals surface area (Å²) in [7, 11) is 0. The molecule has 0 aliphatic rings. The summed E-state index contributed by atoms with van der Waals surface area (Å²) >= 11 is 0. The number of benzene rings is 1. The summed E-state index contributed by atoms with van der Waals surface area (Å²) in [5, 5.41) is 0. The van der Waals surface area contributed by atoms with Crippen LogP contribution in [-0.4, -0.2) is 12.2 Å². The van der Waals surface area contributed by atoms with Gasteiger partial charge in [0.15, 0.2) is 0 Å². The zero-order valence-electron chi connectivity index (χ0n) is 9.35. The Hall–Kier alpha value is -1.32. The first-order valence-electron chi connectivity index (χ1n) is 4.85. The molecule has 0 bridgehead atoms. The van der Waals surface area contributed by atoms with Crippen LogP contribution in [0.3, 0.4) is 0 Å². The fraction of sp³-hybridized carbons (Fsp3) is 0.417. The van der Waals surface area contributed by atoms with Crippen molar-refractivity contribution in [2.75, 3.05) is 0 Å². The van der Waals surface area contributed by atoms with E-state index in [2.05, 4.69) is 0 Å². The minimum Gasteiger partial charge on any atom is -0.288 e. The van der Waals surface area contributed by atoms with Crippen LogP contribution in [0.25, 0.3) is 0 Å². The molecule has 4 heteroatoms. The molecule has 0 saturated heterocycles. The third-order valence-corrected chi connectivity index (χ3v) is 2.25. The lowest BCUT2D eigenvalue weighted by atomic mass is 9.85. The Morgan fingerprint density at radius 3 is 2.19 bits per heavy atom. The van der Waals surface area contributed by atoms with E-state index in [0.29, 0.717) is 5.56 Å². The molecule has 0 saturated carbocycles. The maximum absolute atomic E-state index is 13.2. The van der Waals surface area contributed by atoms with Gasteiger partial charge >= 0.3 is 6.43 Å². The van der Waals surface area contributed by atoms with Gasteiger partial charge in [0, 0.05) is 5.56 Å². The van der Waals surface area contributed by atoms with Gasteiger partial charge in [0.05, 0.1) is 0 Å². The Morgan fingerprint density at radius 2 is 1.75 bits per heavy atom. The van der Waals surface area contributed by atoms with Crippen LogP contribution < -0.4 is 0 Å². The van der Waals surface area contributed by atoms with Crippen molar-refractivity contribution in [1.29, 1.82) is 0 Å². The Kier molecular flexibility index (Phi) is 3.41. The molecule has 0 aromatic heterocycles. The zero-order valence-corrected chi connectivity index (χ0v) is 9.35. The van der Waals surface area contributed by atoms with Gasteiger partial charge in [-0.3, -0.25) is 4.79 Å². The summed E-state index contributed by atoms with van der Waals surface area (Å²) in [6.07, 6.45) is -3.10. The number of Topliss-reactive ketones (excluding diaryl/α,β-unsaturated/α-hetero) is 1. The summed E-state index contributed by atoms with van der Waals surface area (Å²) in [6.45, 7) is 5.45. The van der Waals surface area contributed by atoms with E-state index in [9.17, 15) is 18.0 Å². The topological polar surface area (TPSA) is 17.1 Å². The summed E-state index contributed by atoms with van der Waals surface area (Å²) < 4.78 is 37.6. The highest BCUT2D eigenvalue weighted by molar-refractivity contribution is 5.98. The van der Waals surface area contributed by atoms with Gasteiger partial charge < -0.3 is 0 Å². The van der Waals surface area contributed by atoms with E-state index in [-0.39, 0.29) is 11.0 Å². The van der Waals surface area contributed by atoms with E-state index in [0.717, 1.165) is 6.07 Å². The molecule has 1 rings (SSSR count). The molecule has 88 valence electrons. The molecule has 1 nitrogen and oxygen atoms in total. The van der Waals surface area contributed by atoms with Crippen molar-refractivity contribution in [3.05, 3.63) is 35.1 Å². The van der Waals surface area contributed by atoms with Gasteiger partial charge in [-0.15, -0.1) is 0 Å². The molecule has 0 unspecified atom stereocenters. The monoisotopic (exact) mass is 230 g/mol. The predicted molar refractivity (Wildman–Crippen MR) is 55.4 cm³/mol. The number of carbonyl (C=O) groups is 1. The minimum absolute atomic E-state index is 0.278. The van der Waals surface area contributed by atoms with Crippen LogP contribution in [0.1, 0.15) is 36.7 Å². The van der Waals surface area contributed by atoms with Crippen molar-refractivity contribution in [3.8, 4) is 0 Å². The number of hydrogen-bond donors (Lipinski definition) is 0. The summed E-state index contributed by atoms with van der Waals surface area (Å²) in [6, 6.07) is 3.41. The number of ketones is 1. The first-order valence-corrected chi connectivity index (χ1v) is 4.85. The maximum atomic E-state index is 13.2. The molecule has 0 heterocycles. The van der Waals surface area contributed by atoms with Crippen molar-refractivity contribution in [1.82, 2.24) is 0 Å². The zero-order chi connectivity index (χ0) is 12.5. The molecule has 1 aromatic rings. The van der Waals surface area contributed by atoms with Gasteiger partial charge in [0.2, 0.25) is 5.78 Å². The lowest BCUT2D eigenvalue weighted by Gasteiger charge is -2.19. The van der Waals surface area contributed by atoms with Crippen LogP contribution >= 0.6 is 0 Å². The quantitative estimate of drug-likeness (QED) is 0.710. The maximum Gasteiger partial charge on any atom is 0.300 e. The Labute approximate surface area is 92.3 Å². The second-order valence-corrected chi connectivity index (χ2v) is 4.64. The minimum atomic E-state index is -3.10. The van der Waals surface area contributed by atoms with E-state index in [1.807, 2.05) is 20.8 Å². The van der Waals surface area contributed by atoms with Gasteiger partial charge in [0.25, 0.3) is 0 Å². The normalized spacial score (nSPS) is 11.9. The number of carbonyl (C=O) groups excluding carboxylic acids is 1. The summed E-state index contributed by atoms with van der Waals surface area (Å²) in [5.41, 5.74) is -0.143. The average Bonchev–Trinajstić information content (AvgIpc) is 2.14. The highest BCUT2D eigenvalue weighted by Gasteiger charge is 2.22. The second-order valence-electron chi connectivity index (χ2n) is 4.64. The van der Waals surface area contributed by atoms with Gasteiger partial charge in [0.1, 0.15) is 5.82 Å². The molecular formula is C12H13F3O. The fourth-order valence-corrected chi connectivity index (χ4v) is 1.29. The molecule has 0 N–H and O–H groups in total. The van der Waals surface area contributed by atoms with Gasteiger partial charge in [-0.1, -0.05) is 20.8 Å². The Bertz CT molecular complexity index is 405. The van der Waals surface area contributed by atoms with Crippen LogP contribution in [0.15, 0.2) is 18.2 Å². The van der Waals surface area contributed by atoms with Crippen LogP contribution in [0.2, 0.25) is 0 Å². The second kappa shape index (κ2) is 4.28. The molecule has 0 aliphatic heterocycles. The van der Waals surface area contributed by atoms with E-state index >= 15 is 0 Å². The van der Waals surface area contributed by atoms with Crippen LogP contribution in [-0.2, 0) is 5.41 Å². The molecule has 16 heavy (non-hydrogen) atoms. The number of hydrogen-bond acceptors (Lipinski definition) is 1. The van der Waals surface area contributed by atoms with E-state index < -0.39 is 18.0 Å². The number of halogens is 3. The first kappa shape index (κ1) is 12.7. The number of alkyl halides is 2. The SMILES string of the molecule is CC(C)(C)c1cc(F)cc(C(=O)C(F)F)c1. The van der Waals surface area contributed by atoms with Crippen molar-refractivity contribution in [2.45, 2.75) is 32.6 Å². The lowest BCUT2D eigenvalue weighted by molar-refractivity contribution is 0.0678. The van der Waals surface area contributed by atoms with E-state index in [4.69, 9.17) is 0 Å². The third kappa shape index (κ3) is 2.84. The summed E-state index contributed by atoms with van der Waals surface area (Å²) in [4.78, 5) is 11.1. The van der Waals surface area contributed by atoms with Crippen molar-refractivity contribution in [3.63, 3.8) is 0 Å². The standard InChI is InChI=1S/C12H13F3O/c1-12(2,3)8-4-7(5-9(13)6-8)10(16)11(14)15/h4-6,11H,1-3H3. The molecular weight excluding hydrogens is 217 g/mol. The van der Waals surface area contributed by atoms with Gasteiger partial charge in [-0.05, 0) is 29.2 Å². The smallest absolute Gasteiger partial charge is 0.288 e. The van der Waals surface area contributed by atoms with Gasteiger partial charge in [-0.2, -0.15) is 0 Å². The highest BCUT2D eigenvalue weighted by Crippen LogP contribution is 2.25. The fourth-order valence-electron chi connectivity index (χ4n) is 1.29. The van der Waals surface area contributed by atoms with Crippen LogP contribution in [0.4, 0.5) is 13.2 Å². The molecule has 0 spiro atoms.